The van der Waals surface area contributed by atoms with Gasteiger partial charge >= 0.3 is 0 Å². The van der Waals surface area contributed by atoms with Crippen LogP contribution in [0.3, 0.4) is 0 Å². The van der Waals surface area contributed by atoms with E-state index in [1.807, 2.05) is 36.4 Å². The summed E-state index contributed by atoms with van der Waals surface area (Å²) < 4.78 is 0. The molecule has 1 aliphatic carbocycles. The van der Waals surface area contributed by atoms with E-state index in [1.165, 1.54) is 5.56 Å². The van der Waals surface area contributed by atoms with Crippen molar-refractivity contribution in [3.63, 3.8) is 0 Å². The fourth-order valence-electron chi connectivity index (χ4n) is 4.93. The van der Waals surface area contributed by atoms with Crippen LogP contribution in [0, 0.1) is 11.8 Å². The maximum Gasteiger partial charge on any atom is 0.253 e. The highest BCUT2D eigenvalue weighted by atomic mass is 35.5. The van der Waals surface area contributed by atoms with Gasteiger partial charge in [-0.1, -0.05) is 29.8 Å². The Morgan fingerprint density at radius 1 is 1.06 bits per heavy atom. The van der Waals surface area contributed by atoms with E-state index in [9.17, 15) is 15.0 Å². The highest BCUT2D eigenvalue weighted by Gasteiger charge is 2.31. The fourth-order valence-corrected chi connectivity index (χ4v) is 5.04. The number of hydrogen-bond donors (Lipinski definition) is 2. The summed E-state index contributed by atoms with van der Waals surface area (Å²) in [6.07, 6.45) is 7.86. The van der Waals surface area contributed by atoms with E-state index in [2.05, 4.69) is 9.97 Å². The first-order chi connectivity index (χ1) is 16.8. The lowest BCUT2D eigenvalue weighted by atomic mass is 9.92. The lowest BCUT2D eigenvalue weighted by molar-refractivity contribution is 0.0785. The van der Waals surface area contributed by atoms with Crippen molar-refractivity contribution in [3.05, 3.63) is 94.0 Å². The minimum absolute atomic E-state index is 0.0559. The molecule has 0 aliphatic heterocycles. The molecule has 2 N–H and O–H groups in total. The highest BCUT2D eigenvalue weighted by molar-refractivity contribution is 6.29. The molecule has 0 saturated heterocycles. The van der Waals surface area contributed by atoms with Gasteiger partial charge in [-0.3, -0.25) is 9.78 Å². The number of aliphatic hydroxyl groups excluding tert-OH is 2. The monoisotopic (exact) mass is 493 g/mol. The molecule has 0 spiro atoms. The van der Waals surface area contributed by atoms with Crippen LogP contribution >= 0.6 is 11.6 Å². The molecule has 1 aliphatic rings. The number of pyridine rings is 2. The molecule has 1 unspecified atom stereocenters. The lowest BCUT2D eigenvalue weighted by Gasteiger charge is -2.19. The second kappa shape index (κ2) is 11.3. The third kappa shape index (κ3) is 6.45. The number of carbonyl (C=O) groups excluding carboxylic acids is 1. The number of rotatable bonds is 8. The molecule has 35 heavy (non-hydrogen) atoms. The predicted molar refractivity (Wildman–Crippen MR) is 136 cm³/mol. The van der Waals surface area contributed by atoms with Crippen LogP contribution in [0.1, 0.15) is 71.0 Å². The first-order valence-corrected chi connectivity index (χ1v) is 12.4. The zero-order chi connectivity index (χ0) is 24.9. The van der Waals surface area contributed by atoms with Gasteiger partial charge in [0.05, 0.1) is 12.2 Å². The summed E-state index contributed by atoms with van der Waals surface area (Å²) in [5, 5.41) is 20.9. The van der Waals surface area contributed by atoms with E-state index in [0.29, 0.717) is 23.2 Å². The molecule has 1 aromatic carbocycles. The van der Waals surface area contributed by atoms with E-state index in [4.69, 9.17) is 11.6 Å². The van der Waals surface area contributed by atoms with Gasteiger partial charge in [0.15, 0.2) is 0 Å². The van der Waals surface area contributed by atoms with Gasteiger partial charge in [0, 0.05) is 37.7 Å². The number of carbonyl (C=O) groups is 1. The second-order valence-electron chi connectivity index (χ2n) is 9.66. The van der Waals surface area contributed by atoms with Gasteiger partial charge in [0.1, 0.15) is 5.15 Å². The molecule has 1 saturated carbocycles. The van der Waals surface area contributed by atoms with Gasteiger partial charge in [0.2, 0.25) is 0 Å². The van der Waals surface area contributed by atoms with Crippen molar-refractivity contribution in [1.82, 2.24) is 14.9 Å². The van der Waals surface area contributed by atoms with Crippen LogP contribution in [-0.4, -0.2) is 38.0 Å². The van der Waals surface area contributed by atoms with Crippen LogP contribution in [-0.2, 0) is 13.0 Å². The smallest absolute Gasteiger partial charge is 0.253 e. The average Bonchev–Trinajstić information content (AvgIpc) is 3.32. The van der Waals surface area contributed by atoms with Crippen LogP contribution in [0.4, 0.5) is 0 Å². The number of aliphatic hydroxyl groups is 2. The minimum Gasteiger partial charge on any atom is -0.389 e. The molecule has 1 amide bonds. The zero-order valence-electron chi connectivity index (χ0n) is 20.1. The molecular formula is C28H32ClN3O3. The predicted octanol–water partition coefficient (Wildman–Crippen LogP) is 5.15. The third-order valence-electron chi connectivity index (χ3n) is 6.91. The van der Waals surface area contributed by atoms with Crippen molar-refractivity contribution in [2.75, 3.05) is 7.05 Å². The maximum atomic E-state index is 12.9. The Bertz CT molecular complexity index is 1130. The summed E-state index contributed by atoms with van der Waals surface area (Å²) in [5.74, 6) is 0.673. The summed E-state index contributed by atoms with van der Waals surface area (Å²) in [4.78, 5) is 22.8. The van der Waals surface area contributed by atoms with Gasteiger partial charge in [-0.15, -0.1) is 0 Å². The molecule has 4 rings (SSSR count). The van der Waals surface area contributed by atoms with E-state index in [1.54, 1.807) is 43.5 Å². The van der Waals surface area contributed by atoms with Gasteiger partial charge in [0.25, 0.3) is 5.91 Å². The number of benzene rings is 1. The molecule has 1 fully saturated rings. The summed E-state index contributed by atoms with van der Waals surface area (Å²) in [7, 11) is 1.77. The molecule has 0 radical (unpaired) electrons. The Labute approximate surface area is 211 Å². The van der Waals surface area contributed by atoms with Crippen molar-refractivity contribution in [2.45, 2.75) is 51.4 Å². The Kier molecular flexibility index (Phi) is 8.16. The largest absolute Gasteiger partial charge is 0.389 e. The fraction of sp³-hybridized carbons (Fsp3) is 0.393. The van der Waals surface area contributed by atoms with Crippen molar-refractivity contribution in [2.24, 2.45) is 11.8 Å². The SMILES string of the molecule is CC(O)c1cncc(CN(C)C(=O)c2ccc(C[C@@H]3CC[C@H]([C@H](O)c4ccc(Cl)nc4)C3)cc2)c1. The van der Waals surface area contributed by atoms with E-state index < -0.39 is 12.2 Å². The van der Waals surface area contributed by atoms with Crippen molar-refractivity contribution in [1.29, 1.82) is 0 Å². The Balaban J connectivity index is 1.31. The lowest BCUT2D eigenvalue weighted by Crippen LogP contribution is -2.26. The summed E-state index contributed by atoms with van der Waals surface area (Å²) in [6.45, 7) is 2.12. The summed E-state index contributed by atoms with van der Waals surface area (Å²) in [6, 6.07) is 13.3. The molecule has 6 nitrogen and oxygen atoms in total. The molecule has 7 heteroatoms. The van der Waals surface area contributed by atoms with Crippen molar-refractivity contribution >= 4 is 17.5 Å². The third-order valence-corrected chi connectivity index (χ3v) is 7.13. The number of aromatic nitrogens is 2. The molecule has 3 aromatic rings. The minimum atomic E-state index is -0.594. The molecular weight excluding hydrogens is 462 g/mol. The van der Waals surface area contributed by atoms with Gasteiger partial charge in [-0.05, 0) is 91.0 Å². The first-order valence-electron chi connectivity index (χ1n) is 12.1. The zero-order valence-corrected chi connectivity index (χ0v) is 20.9. The van der Waals surface area contributed by atoms with E-state index >= 15 is 0 Å². The van der Waals surface area contributed by atoms with Crippen LogP contribution in [0.25, 0.3) is 0 Å². The second-order valence-corrected chi connectivity index (χ2v) is 10.1. The quantitative estimate of drug-likeness (QED) is 0.424. The molecule has 4 atom stereocenters. The summed E-state index contributed by atoms with van der Waals surface area (Å²) in [5.41, 5.74) is 4.28. The first kappa shape index (κ1) is 25.3. The number of halogens is 1. The van der Waals surface area contributed by atoms with Crippen LogP contribution in [0.2, 0.25) is 5.15 Å². The standard InChI is InChI=1S/C28H32ClN3O3/c1-18(33)25-13-21(14-30-15-25)17-32(2)28(35)22-6-3-19(4-7-22)11-20-5-8-23(12-20)27(34)24-9-10-26(29)31-16-24/h3-4,6-7,9-10,13-16,18,20,23,27,33-34H,5,8,11-12,17H2,1-2H3/t18?,20-,23-,27-/m0/s1. The Hall–Kier alpha value is -2.80. The maximum absolute atomic E-state index is 12.9. The van der Waals surface area contributed by atoms with Gasteiger partial charge in [-0.2, -0.15) is 0 Å². The number of hydrogen-bond acceptors (Lipinski definition) is 5. The van der Waals surface area contributed by atoms with Crippen LogP contribution in [0.5, 0.6) is 0 Å². The molecule has 2 aromatic heterocycles. The average molecular weight is 494 g/mol. The van der Waals surface area contributed by atoms with Crippen molar-refractivity contribution < 1.29 is 15.0 Å². The topological polar surface area (TPSA) is 86.6 Å². The van der Waals surface area contributed by atoms with Crippen LogP contribution < -0.4 is 0 Å². The number of amides is 1. The summed E-state index contributed by atoms with van der Waals surface area (Å²) >= 11 is 5.86. The molecule has 184 valence electrons. The number of nitrogens with zero attached hydrogens (tertiary/aromatic N) is 3. The molecule has 0 bridgehead atoms. The van der Waals surface area contributed by atoms with E-state index in [-0.39, 0.29) is 11.8 Å². The molecule has 2 heterocycles. The van der Waals surface area contributed by atoms with Crippen LogP contribution in [0.15, 0.2) is 61.1 Å². The van der Waals surface area contributed by atoms with Gasteiger partial charge in [-0.25, -0.2) is 4.98 Å². The highest BCUT2D eigenvalue weighted by Crippen LogP contribution is 2.40. The Morgan fingerprint density at radius 2 is 1.83 bits per heavy atom. The normalized spacial score (nSPS) is 19.3. The van der Waals surface area contributed by atoms with Gasteiger partial charge < -0.3 is 15.1 Å². The van der Waals surface area contributed by atoms with Crippen molar-refractivity contribution in [3.8, 4) is 0 Å². The van der Waals surface area contributed by atoms with E-state index in [0.717, 1.165) is 42.4 Å². The Morgan fingerprint density at radius 3 is 2.51 bits per heavy atom.